The molecule has 2 heterocycles. The standard InChI is InChI=1S/C19H21ClFNO5/c1-26-15-5-2-10(8-22-15)6-12-7-11(3-4-13(12)20)19-18(25)17(24)16(21)14(9-23)27-19/h2-5,7-8,14,16-19,23-25H,6,9H2,1H3. The Hall–Kier alpha value is -1.77. The van der Waals surface area contributed by atoms with E-state index in [0.29, 0.717) is 22.9 Å². The Labute approximate surface area is 161 Å². The molecule has 3 rings (SSSR count). The molecule has 6 nitrogen and oxygen atoms in total. The van der Waals surface area contributed by atoms with E-state index >= 15 is 0 Å². The van der Waals surface area contributed by atoms with Crippen LogP contribution in [0.2, 0.25) is 5.02 Å². The maximum atomic E-state index is 13.9. The molecule has 1 aliphatic heterocycles. The highest BCUT2D eigenvalue weighted by molar-refractivity contribution is 6.31. The summed E-state index contributed by atoms with van der Waals surface area (Å²) in [5, 5.41) is 29.9. The van der Waals surface area contributed by atoms with E-state index in [2.05, 4.69) is 4.98 Å². The van der Waals surface area contributed by atoms with Crippen molar-refractivity contribution in [2.24, 2.45) is 0 Å². The Morgan fingerprint density at radius 1 is 1.22 bits per heavy atom. The smallest absolute Gasteiger partial charge is 0.212 e. The molecule has 1 aromatic heterocycles. The van der Waals surface area contributed by atoms with Gasteiger partial charge in [0.1, 0.15) is 24.4 Å². The lowest BCUT2D eigenvalue weighted by molar-refractivity contribution is -0.214. The SMILES string of the molecule is COc1ccc(Cc2cc(C3OC(CO)C(F)C(O)C3O)ccc2Cl)cn1. The third-order valence-electron chi connectivity index (χ3n) is 4.64. The van der Waals surface area contributed by atoms with Crippen molar-refractivity contribution in [1.82, 2.24) is 4.98 Å². The van der Waals surface area contributed by atoms with Gasteiger partial charge in [0.15, 0.2) is 6.17 Å². The molecule has 5 atom stereocenters. The number of hydrogen-bond donors (Lipinski definition) is 3. The molecule has 0 aliphatic carbocycles. The summed E-state index contributed by atoms with van der Waals surface area (Å²) in [6.07, 6.45) is -5.01. The number of halogens is 2. The predicted molar refractivity (Wildman–Crippen MR) is 96.7 cm³/mol. The molecule has 146 valence electrons. The summed E-state index contributed by atoms with van der Waals surface area (Å²) < 4.78 is 24.5. The first-order chi connectivity index (χ1) is 12.9. The van der Waals surface area contributed by atoms with Gasteiger partial charge < -0.3 is 24.8 Å². The van der Waals surface area contributed by atoms with Gasteiger partial charge in [-0.15, -0.1) is 0 Å². The highest BCUT2D eigenvalue weighted by Gasteiger charge is 2.45. The highest BCUT2D eigenvalue weighted by Crippen LogP contribution is 2.35. The Morgan fingerprint density at radius 3 is 2.63 bits per heavy atom. The van der Waals surface area contributed by atoms with Gasteiger partial charge in [-0.25, -0.2) is 9.37 Å². The van der Waals surface area contributed by atoms with Crippen molar-refractivity contribution in [3.8, 4) is 5.88 Å². The van der Waals surface area contributed by atoms with Crippen LogP contribution in [0.25, 0.3) is 0 Å². The summed E-state index contributed by atoms with van der Waals surface area (Å²) in [5.41, 5.74) is 2.19. The number of nitrogens with zero attached hydrogens (tertiary/aromatic N) is 1. The maximum Gasteiger partial charge on any atom is 0.212 e. The third-order valence-corrected chi connectivity index (χ3v) is 5.01. The number of rotatable bonds is 5. The van der Waals surface area contributed by atoms with Crippen molar-refractivity contribution < 1.29 is 29.2 Å². The molecular weight excluding hydrogens is 377 g/mol. The fourth-order valence-corrected chi connectivity index (χ4v) is 3.30. The van der Waals surface area contributed by atoms with Crippen LogP contribution in [0.3, 0.4) is 0 Å². The summed E-state index contributed by atoms with van der Waals surface area (Å²) in [5.74, 6) is 0.502. The number of aliphatic hydroxyl groups excluding tert-OH is 3. The third kappa shape index (κ3) is 4.23. The van der Waals surface area contributed by atoms with Gasteiger partial charge in [0.05, 0.1) is 13.7 Å². The average molecular weight is 398 g/mol. The number of aromatic nitrogens is 1. The molecule has 27 heavy (non-hydrogen) atoms. The van der Waals surface area contributed by atoms with Crippen LogP contribution in [-0.2, 0) is 11.2 Å². The summed E-state index contributed by atoms with van der Waals surface area (Å²) in [6, 6.07) is 8.64. The molecule has 0 amide bonds. The number of ether oxygens (including phenoxy) is 2. The first-order valence-electron chi connectivity index (χ1n) is 8.48. The molecule has 0 bridgehead atoms. The molecule has 1 fully saturated rings. The van der Waals surface area contributed by atoms with Crippen molar-refractivity contribution in [3.63, 3.8) is 0 Å². The van der Waals surface area contributed by atoms with E-state index in [1.54, 1.807) is 30.5 Å². The van der Waals surface area contributed by atoms with Crippen LogP contribution >= 0.6 is 11.6 Å². The highest BCUT2D eigenvalue weighted by atomic mass is 35.5. The second-order valence-corrected chi connectivity index (χ2v) is 6.85. The van der Waals surface area contributed by atoms with Gasteiger partial charge in [0, 0.05) is 23.7 Å². The number of hydrogen-bond acceptors (Lipinski definition) is 6. The van der Waals surface area contributed by atoms with E-state index in [4.69, 9.17) is 21.1 Å². The lowest BCUT2D eigenvalue weighted by atomic mass is 9.91. The Bertz CT molecular complexity index is 773. The predicted octanol–water partition coefficient (Wildman–Crippen LogP) is 1.83. The molecule has 3 N–H and O–H groups in total. The van der Waals surface area contributed by atoms with Gasteiger partial charge in [-0.1, -0.05) is 29.8 Å². The number of benzene rings is 1. The molecule has 8 heteroatoms. The second kappa shape index (κ2) is 8.50. The van der Waals surface area contributed by atoms with Crippen LogP contribution < -0.4 is 4.74 Å². The lowest BCUT2D eigenvalue weighted by Crippen LogP contribution is -2.53. The molecule has 5 unspecified atom stereocenters. The zero-order valence-corrected chi connectivity index (χ0v) is 15.4. The normalized spacial score (nSPS) is 28.1. The minimum absolute atomic E-state index is 0.476. The van der Waals surface area contributed by atoms with Crippen molar-refractivity contribution in [2.75, 3.05) is 13.7 Å². The molecule has 1 aliphatic rings. The number of methoxy groups -OCH3 is 1. The number of pyridine rings is 1. The fraction of sp³-hybridized carbons (Fsp3) is 0.421. The van der Waals surface area contributed by atoms with E-state index in [-0.39, 0.29) is 0 Å². The largest absolute Gasteiger partial charge is 0.481 e. The van der Waals surface area contributed by atoms with Gasteiger partial charge >= 0.3 is 0 Å². The van der Waals surface area contributed by atoms with Crippen LogP contribution in [0.15, 0.2) is 36.5 Å². The van der Waals surface area contributed by atoms with E-state index in [0.717, 1.165) is 11.1 Å². The summed E-state index contributed by atoms with van der Waals surface area (Å²) in [6.45, 7) is -0.598. The van der Waals surface area contributed by atoms with E-state index in [1.165, 1.54) is 7.11 Å². The lowest BCUT2D eigenvalue weighted by Gasteiger charge is -2.39. The molecular formula is C19H21ClFNO5. The van der Waals surface area contributed by atoms with Crippen LogP contribution in [0.5, 0.6) is 5.88 Å². The molecule has 0 radical (unpaired) electrons. The molecule has 1 saturated heterocycles. The van der Waals surface area contributed by atoms with Crippen molar-refractivity contribution in [1.29, 1.82) is 0 Å². The molecule has 0 saturated carbocycles. The van der Waals surface area contributed by atoms with Crippen molar-refractivity contribution in [3.05, 3.63) is 58.2 Å². The summed E-state index contributed by atoms with van der Waals surface area (Å²) in [7, 11) is 1.54. The number of alkyl halides is 1. The second-order valence-electron chi connectivity index (χ2n) is 6.44. The molecule has 2 aromatic rings. The maximum absolute atomic E-state index is 13.9. The first kappa shape index (κ1) is 20.0. The van der Waals surface area contributed by atoms with E-state index in [1.807, 2.05) is 6.07 Å². The van der Waals surface area contributed by atoms with Crippen molar-refractivity contribution in [2.45, 2.75) is 37.0 Å². The number of aliphatic hydroxyl groups is 3. The van der Waals surface area contributed by atoms with Crippen LogP contribution in [0.4, 0.5) is 4.39 Å². The molecule has 0 spiro atoms. The average Bonchev–Trinajstić information content (AvgIpc) is 2.69. The molecule has 1 aromatic carbocycles. The Kier molecular flexibility index (Phi) is 6.29. The van der Waals surface area contributed by atoms with E-state index in [9.17, 15) is 19.7 Å². The van der Waals surface area contributed by atoms with Crippen LogP contribution in [0, 0.1) is 0 Å². The zero-order valence-electron chi connectivity index (χ0n) is 14.6. The van der Waals surface area contributed by atoms with Crippen molar-refractivity contribution >= 4 is 11.6 Å². The first-order valence-corrected chi connectivity index (χ1v) is 8.86. The van der Waals surface area contributed by atoms with E-state index < -0.39 is 37.2 Å². The summed E-state index contributed by atoms with van der Waals surface area (Å²) >= 11 is 6.29. The van der Waals surface area contributed by atoms with Gasteiger partial charge in [-0.3, -0.25) is 0 Å². The topological polar surface area (TPSA) is 92.0 Å². The quantitative estimate of drug-likeness (QED) is 0.713. The van der Waals surface area contributed by atoms with Crippen LogP contribution in [-0.4, -0.2) is 58.5 Å². The van der Waals surface area contributed by atoms with Gasteiger partial charge in [0.25, 0.3) is 0 Å². The van der Waals surface area contributed by atoms with Gasteiger partial charge in [-0.2, -0.15) is 0 Å². The monoisotopic (exact) mass is 397 g/mol. The zero-order chi connectivity index (χ0) is 19.6. The van der Waals surface area contributed by atoms with Gasteiger partial charge in [0.2, 0.25) is 5.88 Å². The Balaban J connectivity index is 1.85. The minimum Gasteiger partial charge on any atom is -0.481 e. The van der Waals surface area contributed by atoms with Crippen LogP contribution in [0.1, 0.15) is 22.8 Å². The van der Waals surface area contributed by atoms with Gasteiger partial charge in [-0.05, 0) is 22.8 Å². The Morgan fingerprint density at radius 2 is 2.00 bits per heavy atom. The fourth-order valence-electron chi connectivity index (χ4n) is 3.11. The summed E-state index contributed by atoms with van der Waals surface area (Å²) in [4.78, 5) is 4.15. The minimum atomic E-state index is -1.86.